The normalized spacial score (nSPS) is 12.0. The van der Waals surface area contributed by atoms with Crippen LogP contribution in [-0.2, 0) is 6.54 Å². The zero-order valence-corrected chi connectivity index (χ0v) is 19.1. The molecule has 4 nitrogen and oxygen atoms in total. The van der Waals surface area contributed by atoms with Crippen LogP contribution in [0, 0.1) is 5.82 Å². The highest BCUT2D eigenvalue weighted by Crippen LogP contribution is 2.39. The van der Waals surface area contributed by atoms with Crippen molar-refractivity contribution in [2.45, 2.75) is 12.6 Å². The fourth-order valence-corrected chi connectivity index (χ4v) is 4.72. The summed E-state index contributed by atoms with van der Waals surface area (Å²) >= 11 is 1.58. The number of methoxy groups -OCH3 is 2. The number of rotatable bonds is 8. The second-order valence-electron chi connectivity index (χ2n) is 7.46. The van der Waals surface area contributed by atoms with Crippen molar-refractivity contribution in [1.82, 2.24) is 9.88 Å². The first kappa shape index (κ1) is 22.0. The molecule has 0 bridgehead atoms. The molecule has 1 atom stereocenters. The van der Waals surface area contributed by atoms with Crippen molar-refractivity contribution >= 4 is 11.3 Å². The van der Waals surface area contributed by atoms with Crippen molar-refractivity contribution in [1.29, 1.82) is 0 Å². The van der Waals surface area contributed by atoms with Crippen molar-refractivity contribution in [2.24, 2.45) is 0 Å². The average Bonchev–Trinajstić information content (AvgIpc) is 3.28. The van der Waals surface area contributed by atoms with Gasteiger partial charge in [-0.05, 0) is 42.4 Å². The van der Waals surface area contributed by atoms with Gasteiger partial charge in [0.25, 0.3) is 0 Å². The van der Waals surface area contributed by atoms with Crippen LogP contribution in [0.25, 0.3) is 10.6 Å². The molecule has 0 aliphatic rings. The predicted octanol–water partition coefficient (Wildman–Crippen LogP) is 6.19. The van der Waals surface area contributed by atoms with Gasteiger partial charge in [-0.15, -0.1) is 11.3 Å². The van der Waals surface area contributed by atoms with Gasteiger partial charge >= 0.3 is 0 Å². The minimum Gasteiger partial charge on any atom is -0.493 e. The van der Waals surface area contributed by atoms with E-state index in [-0.39, 0.29) is 11.9 Å². The van der Waals surface area contributed by atoms with Gasteiger partial charge in [0.2, 0.25) is 0 Å². The summed E-state index contributed by atoms with van der Waals surface area (Å²) < 4.78 is 24.5. The van der Waals surface area contributed by atoms with Gasteiger partial charge in [0.1, 0.15) is 10.8 Å². The van der Waals surface area contributed by atoms with E-state index in [0.717, 1.165) is 27.4 Å². The first-order valence-electron chi connectivity index (χ1n) is 10.3. The Labute approximate surface area is 191 Å². The molecule has 3 aromatic carbocycles. The summed E-state index contributed by atoms with van der Waals surface area (Å²) in [6, 6.07) is 22.7. The number of nitrogens with zero attached hydrogens (tertiary/aromatic N) is 2. The van der Waals surface area contributed by atoms with Gasteiger partial charge in [-0.2, -0.15) is 0 Å². The lowest BCUT2D eigenvalue weighted by atomic mass is 9.97. The standard InChI is InChI=1S/C26H25FN2O2S/c1-29(24(18-8-5-4-6-9-18)19-12-14-20(27)15-13-19)16-21-17-32-26(28-21)22-10-7-11-23(30-2)25(22)31-3/h4-15,17,24H,16H2,1-3H3. The van der Waals surface area contributed by atoms with Gasteiger partial charge in [-0.1, -0.05) is 48.5 Å². The molecule has 1 aromatic heterocycles. The second kappa shape index (κ2) is 9.94. The summed E-state index contributed by atoms with van der Waals surface area (Å²) in [6.45, 7) is 0.639. The Hall–Kier alpha value is -3.22. The minimum atomic E-state index is -0.236. The monoisotopic (exact) mass is 448 g/mol. The molecule has 0 saturated carbocycles. The number of hydrogen-bond acceptors (Lipinski definition) is 5. The third-order valence-electron chi connectivity index (χ3n) is 5.34. The Morgan fingerprint density at radius 3 is 2.31 bits per heavy atom. The van der Waals surface area contributed by atoms with Crippen molar-refractivity contribution in [3.8, 4) is 22.1 Å². The highest BCUT2D eigenvalue weighted by atomic mass is 32.1. The van der Waals surface area contributed by atoms with Crippen LogP contribution in [0.3, 0.4) is 0 Å². The molecule has 0 aliphatic carbocycles. The van der Waals surface area contributed by atoms with Crippen LogP contribution in [0.4, 0.5) is 4.39 Å². The SMILES string of the molecule is COc1cccc(-c2nc(CN(C)C(c3ccccc3)c3ccc(F)cc3)cs2)c1OC. The first-order chi connectivity index (χ1) is 15.6. The largest absolute Gasteiger partial charge is 0.493 e. The van der Waals surface area contributed by atoms with Crippen molar-refractivity contribution in [3.63, 3.8) is 0 Å². The maximum atomic E-state index is 13.5. The van der Waals surface area contributed by atoms with Crippen LogP contribution in [-0.4, -0.2) is 31.2 Å². The molecule has 0 saturated heterocycles. The van der Waals surface area contributed by atoms with Gasteiger partial charge in [-0.25, -0.2) is 9.37 Å². The summed E-state index contributed by atoms with van der Waals surface area (Å²) in [5, 5.41) is 2.94. The third-order valence-corrected chi connectivity index (χ3v) is 6.26. The molecule has 0 radical (unpaired) electrons. The van der Waals surface area contributed by atoms with E-state index in [1.165, 1.54) is 12.1 Å². The average molecular weight is 449 g/mol. The lowest BCUT2D eigenvalue weighted by Gasteiger charge is -2.28. The number of ether oxygens (including phenoxy) is 2. The molecule has 6 heteroatoms. The van der Waals surface area contributed by atoms with E-state index in [9.17, 15) is 4.39 Å². The fourth-order valence-electron chi connectivity index (χ4n) is 3.89. The quantitative estimate of drug-likeness (QED) is 0.322. The van der Waals surface area contributed by atoms with E-state index in [4.69, 9.17) is 14.5 Å². The summed E-state index contributed by atoms with van der Waals surface area (Å²) in [5.41, 5.74) is 4.04. The molecule has 4 rings (SSSR count). The summed E-state index contributed by atoms with van der Waals surface area (Å²) in [7, 11) is 5.33. The van der Waals surface area contributed by atoms with E-state index in [2.05, 4.69) is 29.5 Å². The van der Waals surface area contributed by atoms with E-state index >= 15 is 0 Å². The van der Waals surface area contributed by atoms with E-state index in [0.29, 0.717) is 18.0 Å². The smallest absolute Gasteiger partial charge is 0.170 e. The zero-order chi connectivity index (χ0) is 22.5. The Kier molecular flexibility index (Phi) is 6.83. The molecule has 0 fully saturated rings. The van der Waals surface area contributed by atoms with Crippen LogP contribution < -0.4 is 9.47 Å². The van der Waals surface area contributed by atoms with E-state index in [1.54, 1.807) is 25.6 Å². The predicted molar refractivity (Wildman–Crippen MR) is 127 cm³/mol. The van der Waals surface area contributed by atoms with Crippen LogP contribution in [0.15, 0.2) is 78.2 Å². The molecule has 0 spiro atoms. The zero-order valence-electron chi connectivity index (χ0n) is 18.3. The molecule has 164 valence electrons. The van der Waals surface area contributed by atoms with Crippen LogP contribution >= 0.6 is 11.3 Å². The summed E-state index contributed by atoms with van der Waals surface area (Å²) in [4.78, 5) is 7.10. The molecule has 0 amide bonds. The number of aromatic nitrogens is 1. The van der Waals surface area contributed by atoms with E-state index < -0.39 is 0 Å². The molecule has 1 unspecified atom stereocenters. The molecular formula is C26H25FN2O2S. The van der Waals surface area contributed by atoms with E-state index in [1.807, 2.05) is 48.5 Å². The highest BCUT2D eigenvalue weighted by molar-refractivity contribution is 7.13. The van der Waals surface area contributed by atoms with Gasteiger partial charge in [0.15, 0.2) is 11.5 Å². The van der Waals surface area contributed by atoms with Gasteiger partial charge in [0, 0.05) is 11.9 Å². The Bertz CT molecular complexity index is 1160. The highest BCUT2D eigenvalue weighted by Gasteiger charge is 2.21. The van der Waals surface area contributed by atoms with Crippen LogP contribution in [0.5, 0.6) is 11.5 Å². The van der Waals surface area contributed by atoms with Gasteiger partial charge in [0.05, 0.1) is 31.5 Å². The lowest BCUT2D eigenvalue weighted by Crippen LogP contribution is -2.25. The van der Waals surface area contributed by atoms with Crippen molar-refractivity contribution in [3.05, 3.63) is 101 Å². The minimum absolute atomic E-state index is 0.0201. The summed E-state index contributed by atoms with van der Waals surface area (Å²) in [6.07, 6.45) is 0. The molecular weight excluding hydrogens is 423 g/mol. The number of thiazole rings is 1. The van der Waals surface area contributed by atoms with Crippen molar-refractivity contribution in [2.75, 3.05) is 21.3 Å². The number of hydrogen-bond donors (Lipinski definition) is 0. The lowest BCUT2D eigenvalue weighted by molar-refractivity contribution is 0.268. The van der Waals surface area contributed by atoms with Gasteiger partial charge in [-0.3, -0.25) is 4.90 Å². The van der Waals surface area contributed by atoms with Gasteiger partial charge < -0.3 is 9.47 Å². The van der Waals surface area contributed by atoms with Crippen LogP contribution in [0.2, 0.25) is 0 Å². The molecule has 0 aliphatic heterocycles. The number of para-hydroxylation sites is 1. The topological polar surface area (TPSA) is 34.6 Å². The molecule has 0 N–H and O–H groups in total. The molecule has 4 aromatic rings. The first-order valence-corrected chi connectivity index (χ1v) is 11.1. The molecule has 32 heavy (non-hydrogen) atoms. The Morgan fingerprint density at radius 1 is 0.906 bits per heavy atom. The Morgan fingerprint density at radius 2 is 1.62 bits per heavy atom. The maximum Gasteiger partial charge on any atom is 0.170 e. The fraction of sp³-hybridized carbons (Fsp3) is 0.192. The third kappa shape index (κ3) is 4.66. The molecule has 1 heterocycles. The summed E-state index contributed by atoms with van der Waals surface area (Å²) in [5.74, 6) is 1.12. The number of halogens is 1. The number of benzene rings is 3. The van der Waals surface area contributed by atoms with Crippen LogP contribution in [0.1, 0.15) is 22.9 Å². The van der Waals surface area contributed by atoms with Crippen molar-refractivity contribution < 1.29 is 13.9 Å². The Balaban J connectivity index is 1.62. The second-order valence-corrected chi connectivity index (χ2v) is 8.32. The maximum absolute atomic E-state index is 13.5.